The van der Waals surface area contributed by atoms with E-state index in [1.54, 1.807) is 12.1 Å². The molecule has 0 radical (unpaired) electrons. The summed E-state index contributed by atoms with van der Waals surface area (Å²) < 4.78 is 0. The number of nitrogens with zero attached hydrogens (tertiary/aromatic N) is 1. The lowest BCUT2D eigenvalue weighted by Crippen LogP contribution is -2.39. The molecule has 6 nitrogen and oxygen atoms in total. The summed E-state index contributed by atoms with van der Waals surface area (Å²) in [5, 5.41) is 14.0. The summed E-state index contributed by atoms with van der Waals surface area (Å²) >= 11 is 1.54. The number of aldehydes is 1. The van der Waals surface area contributed by atoms with Crippen LogP contribution in [0.5, 0.6) is 0 Å². The Morgan fingerprint density at radius 2 is 1.93 bits per heavy atom. The molecule has 1 aliphatic heterocycles. The van der Waals surface area contributed by atoms with E-state index < -0.39 is 0 Å². The molecule has 144 valence electrons. The first-order chi connectivity index (χ1) is 12.7. The molecule has 0 saturated carbocycles. The molecule has 0 aliphatic carbocycles. The van der Waals surface area contributed by atoms with Crippen LogP contribution in [0.1, 0.15) is 43.6 Å². The van der Waals surface area contributed by atoms with E-state index in [1.165, 1.54) is 17.8 Å². The van der Waals surface area contributed by atoms with E-state index in [0.717, 1.165) is 11.3 Å². The van der Waals surface area contributed by atoms with Crippen LogP contribution in [0, 0.1) is 5.41 Å². The fourth-order valence-corrected chi connectivity index (χ4v) is 3.21. The second-order valence-electron chi connectivity index (χ2n) is 7.41. The van der Waals surface area contributed by atoms with E-state index in [0.29, 0.717) is 11.8 Å². The van der Waals surface area contributed by atoms with Gasteiger partial charge in [-0.3, -0.25) is 19.9 Å². The fraction of sp³-hybridized carbons (Fsp3) is 0.400. The van der Waals surface area contributed by atoms with Gasteiger partial charge in [-0.2, -0.15) is 0 Å². The van der Waals surface area contributed by atoms with E-state index in [-0.39, 0.29) is 34.3 Å². The summed E-state index contributed by atoms with van der Waals surface area (Å²) in [5.74, 6) is -0.381. The van der Waals surface area contributed by atoms with Gasteiger partial charge in [0.2, 0.25) is 0 Å². The molecule has 0 bridgehead atoms. The van der Waals surface area contributed by atoms with Gasteiger partial charge in [0.25, 0.3) is 5.91 Å². The first-order valence-electron chi connectivity index (χ1n) is 8.66. The zero-order chi connectivity index (χ0) is 20.2. The Balaban J connectivity index is 2.08. The molecule has 0 fully saturated rings. The Hall–Kier alpha value is -2.25. The van der Waals surface area contributed by atoms with E-state index in [1.807, 2.05) is 25.3 Å². The van der Waals surface area contributed by atoms with Crippen molar-refractivity contribution in [2.75, 3.05) is 6.26 Å². The monoisotopic (exact) mass is 386 g/mol. The van der Waals surface area contributed by atoms with Gasteiger partial charge in [-0.1, -0.05) is 32.9 Å². The molecule has 0 spiro atoms. The van der Waals surface area contributed by atoms with Gasteiger partial charge in [-0.15, -0.1) is 11.8 Å². The van der Waals surface area contributed by atoms with Gasteiger partial charge in [0, 0.05) is 11.3 Å². The minimum absolute atomic E-state index is 0.000273. The second kappa shape index (κ2) is 8.63. The first kappa shape index (κ1) is 21.1. The van der Waals surface area contributed by atoms with Crippen molar-refractivity contribution >= 4 is 35.4 Å². The van der Waals surface area contributed by atoms with Crippen molar-refractivity contribution in [1.29, 1.82) is 5.41 Å². The molecule has 2 atom stereocenters. The average Bonchev–Trinajstić information content (AvgIpc) is 3.01. The van der Waals surface area contributed by atoms with E-state index in [2.05, 4.69) is 36.4 Å². The molecule has 2 rings (SSSR count). The van der Waals surface area contributed by atoms with Crippen LogP contribution in [0.4, 0.5) is 0 Å². The third-order valence-corrected chi connectivity index (χ3v) is 4.98. The molecule has 27 heavy (non-hydrogen) atoms. The molecule has 2 unspecified atom stereocenters. The highest BCUT2D eigenvalue weighted by Crippen LogP contribution is 2.22. The standard InChI is InChI=1S/C20H26N4O2S/c1-12-17(24-19(22-12)27-5)16(21)10-15(11-25)23-18(26)13-6-8-14(9-7-13)20(2,3)4/h6-11,17,19,21,24H,1-5H3,(H,23,26)/b15-10+,21-16?. The molecule has 3 N–H and O–H groups in total. The summed E-state index contributed by atoms with van der Waals surface area (Å²) in [4.78, 5) is 28.2. The minimum Gasteiger partial charge on any atom is -0.319 e. The van der Waals surface area contributed by atoms with Gasteiger partial charge in [-0.05, 0) is 42.4 Å². The van der Waals surface area contributed by atoms with Gasteiger partial charge in [-0.25, -0.2) is 0 Å². The number of allylic oxidation sites excluding steroid dienone is 1. The number of carbonyl (C=O) groups excluding carboxylic acids is 2. The molecule has 1 aromatic carbocycles. The Kier molecular flexibility index (Phi) is 6.73. The quantitative estimate of drug-likeness (QED) is 0.398. The number of amides is 1. The summed E-state index contributed by atoms with van der Waals surface area (Å²) in [7, 11) is 0. The van der Waals surface area contributed by atoms with Crippen LogP contribution in [0.15, 0.2) is 41.0 Å². The van der Waals surface area contributed by atoms with Crippen molar-refractivity contribution < 1.29 is 9.59 Å². The van der Waals surface area contributed by atoms with Gasteiger partial charge in [0.1, 0.15) is 5.50 Å². The molecule has 7 heteroatoms. The highest BCUT2D eigenvalue weighted by molar-refractivity contribution is 7.99. The number of thioether (sulfide) groups is 1. The fourth-order valence-electron chi connectivity index (χ4n) is 2.67. The van der Waals surface area contributed by atoms with Gasteiger partial charge in [0.15, 0.2) is 6.29 Å². The molecule has 1 heterocycles. The maximum absolute atomic E-state index is 12.4. The van der Waals surface area contributed by atoms with Crippen molar-refractivity contribution in [3.05, 3.63) is 47.2 Å². The smallest absolute Gasteiger partial charge is 0.255 e. The number of hydrogen-bond acceptors (Lipinski definition) is 6. The average molecular weight is 387 g/mol. The van der Waals surface area contributed by atoms with Crippen molar-refractivity contribution in [1.82, 2.24) is 10.6 Å². The number of benzene rings is 1. The minimum atomic E-state index is -0.381. The van der Waals surface area contributed by atoms with Crippen molar-refractivity contribution in [2.45, 2.75) is 44.6 Å². The summed E-state index contributed by atoms with van der Waals surface area (Å²) in [5.41, 5.74) is 2.49. The van der Waals surface area contributed by atoms with Crippen LogP contribution in [0.2, 0.25) is 0 Å². The van der Waals surface area contributed by atoms with Crippen LogP contribution >= 0.6 is 11.8 Å². The van der Waals surface area contributed by atoms with Crippen LogP contribution in [-0.2, 0) is 10.2 Å². The SMILES string of the molecule is CSC1N=C(C)C(C(=N)/C=C(\C=O)NC(=O)c2ccc(C(C)(C)C)cc2)N1. The highest BCUT2D eigenvalue weighted by atomic mass is 32.2. The Bertz CT molecular complexity index is 791. The Labute approximate surface area is 164 Å². The Morgan fingerprint density at radius 1 is 1.30 bits per heavy atom. The molecule has 0 saturated heterocycles. The van der Waals surface area contributed by atoms with E-state index in [9.17, 15) is 9.59 Å². The van der Waals surface area contributed by atoms with E-state index in [4.69, 9.17) is 5.41 Å². The lowest BCUT2D eigenvalue weighted by molar-refractivity contribution is -0.105. The summed E-state index contributed by atoms with van der Waals surface area (Å²) in [6.45, 7) is 8.15. The first-order valence-corrected chi connectivity index (χ1v) is 9.95. The van der Waals surface area contributed by atoms with Crippen LogP contribution in [-0.4, -0.2) is 41.4 Å². The predicted molar refractivity (Wildman–Crippen MR) is 112 cm³/mol. The Morgan fingerprint density at radius 3 is 2.41 bits per heavy atom. The van der Waals surface area contributed by atoms with Crippen molar-refractivity contribution in [3.8, 4) is 0 Å². The number of aliphatic imine (C=N–C) groups is 1. The molecule has 0 aromatic heterocycles. The molecule has 1 aromatic rings. The molecule has 1 aliphatic rings. The van der Waals surface area contributed by atoms with Crippen LogP contribution in [0.25, 0.3) is 0 Å². The summed E-state index contributed by atoms with van der Waals surface area (Å²) in [6.07, 6.45) is 3.84. The van der Waals surface area contributed by atoms with Gasteiger partial charge in [0.05, 0.1) is 17.5 Å². The third kappa shape index (κ3) is 5.37. The van der Waals surface area contributed by atoms with Crippen molar-refractivity contribution in [2.24, 2.45) is 4.99 Å². The number of carbonyl (C=O) groups is 2. The van der Waals surface area contributed by atoms with Crippen molar-refractivity contribution in [3.63, 3.8) is 0 Å². The number of hydrogen-bond donors (Lipinski definition) is 3. The van der Waals surface area contributed by atoms with Gasteiger partial charge < -0.3 is 10.7 Å². The molecule has 1 amide bonds. The second-order valence-corrected chi connectivity index (χ2v) is 8.33. The van der Waals surface area contributed by atoms with Crippen LogP contribution < -0.4 is 10.6 Å². The largest absolute Gasteiger partial charge is 0.319 e. The van der Waals surface area contributed by atoms with Gasteiger partial charge >= 0.3 is 0 Å². The maximum Gasteiger partial charge on any atom is 0.255 e. The van der Waals surface area contributed by atoms with E-state index >= 15 is 0 Å². The lowest BCUT2D eigenvalue weighted by atomic mass is 9.87. The zero-order valence-electron chi connectivity index (χ0n) is 16.3. The zero-order valence-corrected chi connectivity index (χ0v) is 17.1. The number of nitrogens with one attached hydrogen (secondary N) is 3. The third-order valence-electron chi connectivity index (χ3n) is 4.29. The van der Waals surface area contributed by atoms with Crippen LogP contribution in [0.3, 0.4) is 0 Å². The predicted octanol–water partition coefficient (Wildman–Crippen LogP) is 2.90. The topological polar surface area (TPSA) is 94.4 Å². The molecular weight excluding hydrogens is 360 g/mol. The highest BCUT2D eigenvalue weighted by Gasteiger charge is 2.26. The lowest BCUT2D eigenvalue weighted by Gasteiger charge is -2.19. The normalized spacial score (nSPS) is 20.2. The summed E-state index contributed by atoms with van der Waals surface area (Å²) in [6, 6.07) is 6.93. The maximum atomic E-state index is 12.4. The number of rotatable bonds is 6. The molecular formula is C20H26N4O2S.